The average molecular weight is 281 g/mol. The molecule has 0 aromatic carbocycles. The van der Waals surface area contributed by atoms with Crippen LogP contribution in [0.1, 0.15) is 71.0 Å². The van der Waals surface area contributed by atoms with E-state index in [-0.39, 0.29) is 0 Å². The Kier molecular flexibility index (Phi) is 5.16. The number of aromatic nitrogens is 2. The van der Waals surface area contributed by atoms with E-state index in [9.17, 15) is 0 Å². The zero-order valence-electron chi connectivity index (χ0n) is 13.1. The SMILES string of the molecule is CCNC1CCCCC1c1nc(C(C)(C)OCC)no1. The quantitative estimate of drug-likeness (QED) is 0.868. The van der Waals surface area contributed by atoms with E-state index in [1.165, 1.54) is 19.3 Å². The molecule has 1 aliphatic rings. The molecule has 0 amide bonds. The van der Waals surface area contributed by atoms with Gasteiger partial charge in [-0.2, -0.15) is 4.98 Å². The fourth-order valence-corrected chi connectivity index (χ4v) is 2.99. The molecule has 1 saturated carbocycles. The largest absolute Gasteiger partial charge is 0.368 e. The second-order valence-electron chi connectivity index (χ2n) is 5.95. The molecule has 0 saturated heterocycles. The van der Waals surface area contributed by atoms with E-state index in [4.69, 9.17) is 9.26 Å². The minimum Gasteiger partial charge on any atom is -0.368 e. The fourth-order valence-electron chi connectivity index (χ4n) is 2.99. The van der Waals surface area contributed by atoms with Crippen molar-refractivity contribution in [1.82, 2.24) is 15.5 Å². The van der Waals surface area contributed by atoms with E-state index in [0.29, 0.717) is 24.4 Å². The molecule has 1 N–H and O–H groups in total. The molecule has 0 aliphatic heterocycles. The number of nitrogens with one attached hydrogen (secondary N) is 1. The van der Waals surface area contributed by atoms with E-state index < -0.39 is 5.60 Å². The monoisotopic (exact) mass is 281 g/mol. The molecule has 0 spiro atoms. The predicted octanol–water partition coefficient (Wildman–Crippen LogP) is 2.98. The van der Waals surface area contributed by atoms with Crippen molar-refractivity contribution < 1.29 is 9.26 Å². The standard InChI is InChI=1S/C15H27N3O2/c1-5-16-12-10-8-7-9-11(12)13-17-14(18-20-13)15(3,4)19-6-2/h11-12,16H,5-10H2,1-4H3. The number of nitrogens with zero attached hydrogens (tertiary/aromatic N) is 2. The van der Waals surface area contributed by atoms with Crippen molar-refractivity contribution in [3.63, 3.8) is 0 Å². The highest BCUT2D eigenvalue weighted by Gasteiger charge is 2.33. The van der Waals surface area contributed by atoms with Crippen molar-refractivity contribution in [3.05, 3.63) is 11.7 Å². The van der Waals surface area contributed by atoms with Crippen LogP contribution < -0.4 is 5.32 Å². The van der Waals surface area contributed by atoms with Crippen LogP contribution in [0.15, 0.2) is 4.52 Å². The summed E-state index contributed by atoms with van der Waals surface area (Å²) >= 11 is 0. The lowest BCUT2D eigenvalue weighted by molar-refractivity contribution is -0.0221. The zero-order valence-corrected chi connectivity index (χ0v) is 13.1. The van der Waals surface area contributed by atoms with Crippen LogP contribution in [0.25, 0.3) is 0 Å². The van der Waals surface area contributed by atoms with E-state index in [2.05, 4.69) is 22.4 Å². The maximum atomic E-state index is 5.69. The van der Waals surface area contributed by atoms with Crippen LogP contribution in [0.2, 0.25) is 0 Å². The van der Waals surface area contributed by atoms with Gasteiger partial charge >= 0.3 is 0 Å². The number of likely N-dealkylation sites (N-methyl/N-ethyl adjacent to an activating group) is 1. The Morgan fingerprint density at radius 1 is 1.30 bits per heavy atom. The maximum Gasteiger partial charge on any atom is 0.231 e. The summed E-state index contributed by atoms with van der Waals surface area (Å²) in [7, 11) is 0. The minimum atomic E-state index is -0.487. The second kappa shape index (κ2) is 6.68. The maximum absolute atomic E-state index is 5.69. The summed E-state index contributed by atoms with van der Waals surface area (Å²) in [5, 5.41) is 7.68. The van der Waals surface area contributed by atoms with Crippen molar-refractivity contribution in [2.24, 2.45) is 0 Å². The number of rotatable bonds is 6. The predicted molar refractivity (Wildman–Crippen MR) is 77.6 cm³/mol. The smallest absolute Gasteiger partial charge is 0.231 e. The Labute approximate surface area is 121 Å². The summed E-state index contributed by atoms with van der Waals surface area (Å²) < 4.78 is 11.2. The van der Waals surface area contributed by atoms with E-state index >= 15 is 0 Å². The Hall–Kier alpha value is -0.940. The fraction of sp³-hybridized carbons (Fsp3) is 0.867. The van der Waals surface area contributed by atoms with Gasteiger partial charge in [-0.1, -0.05) is 24.9 Å². The minimum absolute atomic E-state index is 0.336. The van der Waals surface area contributed by atoms with Crippen LogP contribution in [0, 0.1) is 0 Å². The first-order valence-electron chi connectivity index (χ1n) is 7.80. The molecule has 5 nitrogen and oxygen atoms in total. The van der Waals surface area contributed by atoms with Gasteiger partial charge in [0.05, 0.1) is 5.92 Å². The van der Waals surface area contributed by atoms with Crippen molar-refractivity contribution in [2.75, 3.05) is 13.2 Å². The zero-order chi connectivity index (χ0) is 14.6. The van der Waals surface area contributed by atoms with Gasteiger partial charge in [0.15, 0.2) is 0 Å². The Morgan fingerprint density at radius 2 is 2.05 bits per heavy atom. The molecule has 2 atom stereocenters. The number of hydrogen-bond donors (Lipinski definition) is 1. The molecular formula is C15H27N3O2. The highest BCUT2D eigenvalue weighted by molar-refractivity contribution is 5.04. The Morgan fingerprint density at radius 3 is 2.75 bits per heavy atom. The number of ether oxygens (including phenoxy) is 1. The summed E-state index contributed by atoms with van der Waals surface area (Å²) in [5.74, 6) is 1.75. The molecule has 1 aromatic rings. The van der Waals surface area contributed by atoms with Crippen molar-refractivity contribution >= 4 is 0 Å². The van der Waals surface area contributed by atoms with Crippen molar-refractivity contribution in [1.29, 1.82) is 0 Å². The highest BCUT2D eigenvalue weighted by Crippen LogP contribution is 2.33. The van der Waals surface area contributed by atoms with Gasteiger partial charge in [-0.15, -0.1) is 0 Å². The van der Waals surface area contributed by atoms with E-state index in [1.807, 2.05) is 20.8 Å². The normalized spacial score (nSPS) is 24.0. The molecule has 2 unspecified atom stereocenters. The first-order valence-corrected chi connectivity index (χ1v) is 7.80. The van der Waals surface area contributed by atoms with E-state index in [1.54, 1.807) is 0 Å². The molecule has 1 heterocycles. The van der Waals surface area contributed by atoms with Gasteiger partial charge in [0.2, 0.25) is 11.7 Å². The summed E-state index contributed by atoms with van der Waals surface area (Å²) in [6.45, 7) is 9.70. The van der Waals surface area contributed by atoms with E-state index in [0.717, 1.165) is 18.9 Å². The van der Waals surface area contributed by atoms with Crippen LogP contribution in [-0.2, 0) is 10.3 Å². The Balaban J connectivity index is 2.14. The van der Waals surface area contributed by atoms with Crippen molar-refractivity contribution in [3.8, 4) is 0 Å². The van der Waals surface area contributed by atoms with Gasteiger partial charge in [0.25, 0.3) is 0 Å². The Bertz CT molecular complexity index is 415. The average Bonchev–Trinajstić information content (AvgIpc) is 2.90. The van der Waals surface area contributed by atoms with Gasteiger partial charge < -0.3 is 14.6 Å². The topological polar surface area (TPSA) is 60.2 Å². The second-order valence-corrected chi connectivity index (χ2v) is 5.95. The summed E-state index contributed by atoms with van der Waals surface area (Å²) in [6.07, 6.45) is 4.82. The van der Waals surface area contributed by atoms with Crippen LogP contribution >= 0.6 is 0 Å². The molecule has 114 valence electrons. The van der Waals surface area contributed by atoms with Gasteiger partial charge in [-0.25, -0.2) is 0 Å². The molecule has 0 radical (unpaired) electrons. The molecule has 1 aliphatic carbocycles. The lowest BCUT2D eigenvalue weighted by Gasteiger charge is -2.29. The highest BCUT2D eigenvalue weighted by atomic mass is 16.5. The van der Waals surface area contributed by atoms with Crippen LogP contribution in [0.4, 0.5) is 0 Å². The lowest BCUT2D eigenvalue weighted by Crippen LogP contribution is -2.37. The van der Waals surface area contributed by atoms with Gasteiger partial charge in [0, 0.05) is 12.6 Å². The third kappa shape index (κ3) is 3.38. The van der Waals surface area contributed by atoms with Gasteiger partial charge in [-0.05, 0) is 40.2 Å². The van der Waals surface area contributed by atoms with Crippen molar-refractivity contribution in [2.45, 2.75) is 70.9 Å². The lowest BCUT2D eigenvalue weighted by atomic mass is 9.84. The molecule has 1 aromatic heterocycles. The summed E-state index contributed by atoms with van der Waals surface area (Å²) in [4.78, 5) is 4.61. The van der Waals surface area contributed by atoms with Gasteiger partial charge in [-0.3, -0.25) is 0 Å². The molecule has 20 heavy (non-hydrogen) atoms. The molecular weight excluding hydrogens is 254 g/mol. The van der Waals surface area contributed by atoms with Crippen LogP contribution in [-0.4, -0.2) is 29.3 Å². The first-order chi connectivity index (χ1) is 9.58. The van der Waals surface area contributed by atoms with Gasteiger partial charge in [0.1, 0.15) is 5.60 Å². The molecule has 2 rings (SSSR count). The summed E-state index contributed by atoms with van der Waals surface area (Å²) in [6, 6.07) is 0.456. The van der Waals surface area contributed by atoms with Crippen LogP contribution in [0.3, 0.4) is 0 Å². The molecule has 0 bridgehead atoms. The van der Waals surface area contributed by atoms with Crippen LogP contribution in [0.5, 0.6) is 0 Å². The molecule has 5 heteroatoms. The first kappa shape index (κ1) is 15.4. The number of hydrogen-bond acceptors (Lipinski definition) is 5. The third-order valence-electron chi connectivity index (χ3n) is 4.03. The third-order valence-corrected chi connectivity index (χ3v) is 4.03. The molecule has 1 fully saturated rings. The summed E-state index contributed by atoms with van der Waals surface area (Å²) in [5.41, 5.74) is -0.487.